The molecule has 3 aromatic rings. The summed E-state index contributed by atoms with van der Waals surface area (Å²) in [6.07, 6.45) is 2.99. The number of aryl methyl sites for hydroxylation is 1. The molecule has 8 heteroatoms. The van der Waals surface area contributed by atoms with Gasteiger partial charge >= 0.3 is 0 Å². The maximum Gasteiger partial charge on any atom is 0.203 e. The van der Waals surface area contributed by atoms with Crippen molar-refractivity contribution in [2.45, 2.75) is 19.9 Å². The molecule has 31 heavy (non-hydrogen) atoms. The summed E-state index contributed by atoms with van der Waals surface area (Å²) in [5.74, 6) is 2.58. The maximum absolute atomic E-state index is 5.42. The van der Waals surface area contributed by atoms with Crippen LogP contribution in [0.25, 0.3) is 10.9 Å². The van der Waals surface area contributed by atoms with Gasteiger partial charge in [-0.25, -0.2) is 0 Å². The van der Waals surface area contributed by atoms with Gasteiger partial charge in [-0.15, -0.1) is 24.0 Å². The molecule has 0 spiro atoms. The standard InChI is InChI=1S/C23H30N4O3.HI/c1-15-7-6-8-18-21(15)17(14-26-18)9-10-25-23(24-2)27-13-16-11-19(28-3)22(30-5)20(12-16)29-4;/h6-8,11-12,14,26H,9-10,13H2,1-5H3,(H2,24,25,27);1H. The smallest absolute Gasteiger partial charge is 0.203 e. The molecule has 0 bridgehead atoms. The van der Waals surface area contributed by atoms with Crippen molar-refractivity contribution in [3.63, 3.8) is 0 Å². The zero-order valence-electron chi connectivity index (χ0n) is 18.7. The van der Waals surface area contributed by atoms with Crippen molar-refractivity contribution >= 4 is 40.8 Å². The number of nitrogens with one attached hydrogen (secondary N) is 3. The highest BCUT2D eigenvalue weighted by Crippen LogP contribution is 2.38. The first-order valence-electron chi connectivity index (χ1n) is 9.90. The molecule has 0 aliphatic heterocycles. The van der Waals surface area contributed by atoms with E-state index in [-0.39, 0.29) is 24.0 Å². The first kappa shape index (κ1) is 24.6. The Morgan fingerprint density at radius 1 is 1.03 bits per heavy atom. The van der Waals surface area contributed by atoms with E-state index in [1.54, 1.807) is 28.4 Å². The zero-order valence-corrected chi connectivity index (χ0v) is 21.0. The van der Waals surface area contributed by atoms with Crippen LogP contribution in [0.4, 0.5) is 0 Å². The van der Waals surface area contributed by atoms with Gasteiger partial charge in [0.1, 0.15) is 0 Å². The fraction of sp³-hybridized carbons (Fsp3) is 0.348. The Morgan fingerprint density at radius 2 is 1.74 bits per heavy atom. The van der Waals surface area contributed by atoms with E-state index in [2.05, 4.69) is 51.9 Å². The van der Waals surface area contributed by atoms with Crippen LogP contribution in [0.5, 0.6) is 17.2 Å². The van der Waals surface area contributed by atoms with Gasteiger partial charge in [-0.1, -0.05) is 12.1 Å². The number of halogens is 1. The number of fused-ring (bicyclic) bond motifs is 1. The lowest BCUT2D eigenvalue weighted by Crippen LogP contribution is -2.37. The van der Waals surface area contributed by atoms with Crippen molar-refractivity contribution in [2.75, 3.05) is 34.9 Å². The number of rotatable bonds is 8. The number of guanidine groups is 1. The number of methoxy groups -OCH3 is 3. The number of aromatic amines is 1. The van der Waals surface area contributed by atoms with Crippen LogP contribution in [0.15, 0.2) is 41.5 Å². The molecule has 0 aliphatic rings. The van der Waals surface area contributed by atoms with Gasteiger partial charge in [-0.3, -0.25) is 4.99 Å². The van der Waals surface area contributed by atoms with Crippen molar-refractivity contribution in [1.29, 1.82) is 0 Å². The van der Waals surface area contributed by atoms with E-state index in [0.29, 0.717) is 23.8 Å². The highest BCUT2D eigenvalue weighted by Gasteiger charge is 2.13. The first-order chi connectivity index (χ1) is 14.6. The van der Waals surface area contributed by atoms with Gasteiger partial charge in [0.05, 0.1) is 21.3 Å². The lowest BCUT2D eigenvalue weighted by atomic mass is 10.1. The second kappa shape index (κ2) is 11.7. The van der Waals surface area contributed by atoms with Crippen LogP contribution in [-0.4, -0.2) is 45.9 Å². The minimum absolute atomic E-state index is 0. The predicted molar refractivity (Wildman–Crippen MR) is 136 cm³/mol. The van der Waals surface area contributed by atoms with E-state index in [1.807, 2.05) is 12.1 Å². The number of aliphatic imine (C=N–C) groups is 1. The number of ether oxygens (including phenoxy) is 3. The molecule has 0 aliphatic carbocycles. The molecule has 0 unspecified atom stereocenters. The lowest BCUT2D eigenvalue weighted by Gasteiger charge is -2.16. The van der Waals surface area contributed by atoms with Gasteiger partial charge in [0.15, 0.2) is 17.5 Å². The van der Waals surface area contributed by atoms with E-state index >= 15 is 0 Å². The topological polar surface area (TPSA) is 79.9 Å². The molecule has 2 aromatic carbocycles. The first-order valence-corrected chi connectivity index (χ1v) is 9.90. The summed E-state index contributed by atoms with van der Waals surface area (Å²) in [5.41, 5.74) is 4.76. The summed E-state index contributed by atoms with van der Waals surface area (Å²) < 4.78 is 16.2. The third kappa shape index (κ3) is 5.75. The quantitative estimate of drug-likeness (QED) is 0.229. The van der Waals surface area contributed by atoms with Crippen molar-refractivity contribution < 1.29 is 14.2 Å². The summed E-state index contributed by atoms with van der Waals surface area (Å²) in [5, 5.41) is 8.02. The highest BCUT2D eigenvalue weighted by molar-refractivity contribution is 14.0. The fourth-order valence-electron chi connectivity index (χ4n) is 3.61. The molecule has 1 aromatic heterocycles. The Bertz CT molecular complexity index is 1010. The molecule has 0 atom stereocenters. The Hall–Kier alpha value is -2.62. The minimum atomic E-state index is 0. The van der Waals surface area contributed by atoms with Crippen LogP contribution in [0, 0.1) is 6.92 Å². The summed E-state index contributed by atoms with van der Waals surface area (Å²) in [7, 11) is 6.59. The Morgan fingerprint density at radius 3 is 2.35 bits per heavy atom. The van der Waals surface area contributed by atoms with E-state index in [1.165, 1.54) is 22.0 Å². The average molecular weight is 538 g/mol. The number of aromatic nitrogens is 1. The van der Waals surface area contributed by atoms with Gasteiger partial charge in [-0.2, -0.15) is 0 Å². The number of nitrogens with zero attached hydrogens (tertiary/aromatic N) is 1. The number of benzene rings is 2. The highest BCUT2D eigenvalue weighted by atomic mass is 127. The van der Waals surface area contributed by atoms with Gasteiger partial charge in [0.2, 0.25) is 5.75 Å². The largest absolute Gasteiger partial charge is 0.493 e. The molecule has 1 heterocycles. The van der Waals surface area contributed by atoms with Crippen molar-refractivity contribution in [2.24, 2.45) is 4.99 Å². The van der Waals surface area contributed by atoms with Crippen LogP contribution in [0.1, 0.15) is 16.7 Å². The monoisotopic (exact) mass is 538 g/mol. The molecule has 7 nitrogen and oxygen atoms in total. The summed E-state index contributed by atoms with van der Waals surface area (Å²) in [6, 6.07) is 10.2. The molecular formula is C23H31IN4O3. The fourth-order valence-corrected chi connectivity index (χ4v) is 3.61. The SMILES string of the molecule is CN=C(NCCc1c[nH]c2cccc(C)c12)NCc1cc(OC)c(OC)c(OC)c1.I. The molecule has 0 saturated heterocycles. The van der Waals surface area contributed by atoms with E-state index in [4.69, 9.17) is 14.2 Å². The van der Waals surface area contributed by atoms with Crippen LogP contribution < -0.4 is 24.8 Å². The van der Waals surface area contributed by atoms with Crippen LogP contribution >= 0.6 is 24.0 Å². The summed E-state index contributed by atoms with van der Waals surface area (Å²) >= 11 is 0. The van der Waals surface area contributed by atoms with E-state index < -0.39 is 0 Å². The molecule has 0 radical (unpaired) electrons. The average Bonchev–Trinajstić information content (AvgIpc) is 3.19. The molecule has 3 N–H and O–H groups in total. The number of hydrogen-bond donors (Lipinski definition) is 3. The minimum Gasteiger partial charge on any atom is -0.493 e. The second-order valence-corrected chi connectivity index (χ2v) is 6.95. The lowest BCUT2D eigenvalue weighted by molar-refractivity contribution is 0.323. The Kier molecular flexibility index (Phi) is 9.29. The van der Waals surface area contributed by atoms with Crippen LogP contribution in [0.2, 0.25) is 0 Å². The van der Waals surface area contributed by atoms with E-state index in [9.17, 15) is 0 Å². The van der Waals surface area contributed by atoms with Gasteiger partial charge in [0, 0.05) is 37.2 Å². The summed E-state index contributed by atoms with van der Waals surface area (Å²) in [6.45, 7) is 3.49. The maximum atomic E-state index is 5.42. The molecule has 0 amide bonds. The Labute approximate surface area is 200 Å². The Balaban J connectivity index is 0.00000341. The molecule has 3 rings (SSSR count). The normalized spacial score (nSPS) is 11.1. The third-order valence-corrected chi connectivity index (χ3v) is 5.09. The third-order valence-electron chi connectivity index (χ3n) is 5.09. The van der Waals surface area contributed by atoms with Crippen LogP contribution in [-0.2, 0) is 13.0 Å². The molecule has 168 valence electrons. The van der Waals surface area contributed by atoms with E-state index in [0.717, 1.165) is 24.5 Å². The second-order valence-electron chi connectivity index (χ2n) is 6.95. The van der Waals surface area contributed by atoms with Crippen molar-refractivity contribution in [3.8, 4) is 17.2 Å². The summed E-state index contributed by atoms with van der Waals surface area (Å²) in [4.78, 5) is 7.67. The molecular weight excluding hydrogens is 507 g/mol. The van der Waals surface area contributed by atoms with Gasteiger partial charge in [-0.05, 0) is 48.2 Å². The van der Waals surface area contributed by atoms with Crippen LogP contribution in [0.3, 0.4) is 0 Å². The van der Waals surface area contributed by atoms with Gasteiger partial charge in [0.25, 0.3) is 0 Å². The number of hydrogen-bond acceptors (Lipinski definition) is 4. The molecule has 0 fully saturated rings. The number of H-pyrrole nitrogens is 1. The molecule has 0 saturated carbocycles. The van der Waals surface area contributed by atoms with Crippen molar-refractivity contribution in [3.05, 3.63) is 53.2 Å². The predicted octanol–water partition coefficient (Wildman–Crippen LogP) is 4.03. The van der Waals surface area contributed by atoms with Gasteiger partial charge < -0.3 is 29.8 Å². The zero-order chi connectivity index (χ0) is 21.5. The van der Waals surface area contributed by atoms with Crippen molar-refractivity contribution in [1.82, 2.24) is 15.6 Å².